The summed E-state index contributed by atoms with van der Waals surface area (Å²) in [5.74, 6) is -0.412. The molecule has 0 fully saturated rings. The monoisotopic (exact) mass is 203 g/mol. The third kappa shape index (κ3) is 2.13. The molecule has 1 rings (SSSR count). The van der Waals surface area contributed by atoms with E-state index in [1.165, 1.54) is 0 Å². The van der Waals surface area contributed by atoms with Gasteiger partial charge in [-0.3, -0.25) is 9.63 Å². The van der Waals surface area contributed by atoms with Gasteiger partial charge in [-0.05, 0) is 5.56 Å². The molecule has 0 heterocycles. The van der Waals surface area contributed by atoms with Crippen molar-refractivity contribution >= 4 is 29.3 Å². The van der Waals surface area contributed by atoms with Crippen molar-refractivity contribution in [1.82, 2.24) is 4.84 Å². The van der Waals surface area contributed by atoms with Gasteiger partial charge in [0.15, 0.2) is 0 Å². The fourth-order valence-electron chi connectivity index (χ4n) is 0.821. The molecule has 1 unspecified atom stereocenters. The Kier molecular flexibility index (Phi) is 3.38. The third-order valence-corrected chi connectivity index (χ3v) is 2.05. The Balaban J connectivity index is 2.78. The summed E-state index contributed by atoms with van der Waals surface area (Å²) >= 11 is 10.9. The summed E-state index contributed by atoms with van der Waals surface area (Å²) < 4.78 is 0. The standard InChI is InChI=1S/C8H7Cl2NO/c9-7(8(12)11-10)6-4-2-1-3-5-6/h1-5,7H,(H,11,12). The maximum Gasteiger partial charge on any atom is 0.256 e. The molecule has 2 nitrogen and oxygen atoms in total. The van der Waals surface area contributed by atoms with Crippen LogP contribution in [0.5, 0.6) is 0 Å². The van der Waals surface area contributed by atoms with Crippen LogP contribution in [0.4, 0.5) is 0 Å². The fraction of sp³-hybridized carbons (Fsp3) is 0.125. The maximum atomic E-state index is 10.9. The molecule has 64 valence electrons. The van der Waals surface area contributed by atoms with Crippen LogP contribution in [0.3, 0.4) is 0 Å². The Morgan fingerprint density at radius 1 is 1.33 bits per heavy atom. The van der Waals surface area contributed by atoms with Gasteiger partial charge in [-0.15, -0.1) is 11.6 Å². The number of nitrogens with one attached hydrogen (secondary N) is 1. The van der Waals surface area contributed by atoms with Crippen LogP contribution in [0, 0.1) is 0 Å². The summed E-state index contributed by atoms with van der Waals surface area (Å²) in [6.45, 7) is 0. The largest absolute Gasteiger partial charge is 0.272 e. The molecule has 0 bridgehead atoms. The Bertz CT molecular complexity index is 263. The van der Waals surface area contributed by atoms with Crippen LogP contribution in [0.25, 0.3) is 0 Å². The molecule has 1 aromatic carbocycles. The highest BCUT2D eigenvalue weighted by atomic mass is 35.5. The number of carbonyl (C=O) groups is 1. The number of benzene rings is 1. The van der Waals surface area contributed by atoms with Gasteiger partial charge >= 0.3 is 0 Å². The fourth-order valence-corrected chi connectivity index (χ4v) is 1.19. The highest BCUT2D eigenvalue weighted by Gasteiger charge is 2.15. The summed E-state index contributed by atoms with van der Waals surface area (Å²) in [6.07, 6.45) is 0. The van der Waals surface area contributed by atoms with Crippen molar-refractivity contribution in [1.29, 1.82) is 0 Å². The molecule has 1 atom stereocenters. The number of carbonyl (C=O) groups excluding carboxylic acids is 1. The number of halogens is 2. The zero-order chi connectivity index (χ0) is 8.97. The van der Waals surface area contributed by atoms with Crippen molar-refractivity contribution in [2.45, 2.75) is 5.38 Å². The predicted octanol–water partition coefficient (Wildman–Crippen LogP) is 2.24. The lowest BCUT2D eigenvalue weighted by atomic mass is 10.1. The van der Waals surface area contributed by atoms with Gasteiger partial charge in [0.1, 0.15) is 5.38 Å². The molecule has 1 aromatic rings. The maximum absolute atomic E-state index is 10.9. The molecule has 1 amide bonds. The van der Waals surface area contributed by atoms with Crippen molar-refractivity contribution in [3.05, 3.63) is 35.9 Å². The Morgan fingerprint density at radius 2 is 1.92 bits per heavy atom. The predicted molar refractivity (Wildman–Crippen MR) is 49.0 cm³/mol. The van der Waals surface area contributed by atoms with Crippen LogP contribution in [-0.4, -0.2) is 5.91 Å². The number of hydrogen-bond acceptors (Lipinski definition) is 1. The highest BCUT2D eigenvalue weighted by Crippen LogP contribution is 2.19. The minimum Gasteiger partial charge on any atom is -0.272 e. The van der Waals surface area contributed by atoms with E-state index in [0.29, 0.717) is 0 Å². The number of hydrogen-bond donors (Lipinski definition) is 1. The lowest BCUT2D eigenvalue weighted by Gasteiger charge is -2.05. The molecule has 0 spiro atoms. The summed E-state index contributed by atoms with van der Waals surface area (Å²) in [7, 11) is 0. The average molecular weight is 204 g/mol. The van der Waals surface area contributed by atoms with E-state index in [1.807, 2.05) is 23.0 Å². The molecule has 12 heavy (non-hydrogen) atoms. The van der Waals surface area contributed by atoms with Crippen molar-refractivity contribution < 1.29 is 4.79 Å². The summed E-state index contributed by atoms with van der Waals surface area (Å²) in [4.78, 5) is 12.9. The molecule has 0 radical (unpaired) electrons. The molecule has 0 aliphatic carbocycles. The minimum absolute atomic E-state index is 0.412. The van der Waals surface area contributed by atoms with E-state index in [-0.39, 0.29) is 0 Å². The van der Waals surface area contributed by atoms with Crippen LogP contribution in [0.1, 0.15) is 10.9 Å². The van der Waals surface area contributed by atoms with E-state index >= 15 is 0 Å². The van der Waals surface area contributed by atoms with Crippen LogP contribution >= 0.6 is 23.4 Å². The number of alkyl halides is 1. The van der Waals surface area contributed by atoms with Crippen LogP contribution in [0.2, 0.25) is 0 Å². The molecule has 1 N–H and O–H groups in total. The second-order valence-corrected chi connectivity index (χ2v) is 2.86. The zero-order valence-electron chi connectivity index (χ0n) is 6.13. The van der Waals surface area contributed by atoms with Gasteiger partial charge in [0.25, 0.3) is 5.91 Å². The Hall–Kier alpha value is -0.730. The topological polar surface area (TPSA) is 29.1 Å². The highest BCUT2D eigenvalue weighted by molar-refractivity contribution is 6.34. The lowest BCUT2D eigenvalue weighted by molar-refractivity contribution is -0.119. The first-order valence-electron chi connectivity index (χ1n) is 3.35. The Labute approximate surface area is 80.6 Å². The molecule has 0 aliphatic heterocycles. The molecular weight excluding hydrogens is 197 g/mol. The van der Waals surface area contributed by atoms with Gasteiger partial charge in [-0.1, -0.05) is 30.3 Å². The van der Waals surface area contributed by atoms with Crippen LogP contribution < -0.4 is 4.84 Å². The Morgan fingerprint density at radius 3 is 2.42 bits per heavy atom. The van der Waals surface area contributed by atoms with Crippen molar-refractivity contribution in [2.75, 3.05) is 0 Å². The molecule has 0 aromatic heterocycles. The second-order valence-electron chi connectivity index (χ2n) is 2.23. The molecular formula is C8H7Cl2NO. The molecule has 0 saturated heterocycles. The lowest BCUT2D eigenvalue weighted by Crippen LogP contribution is -2.17. The van der Waals surface area contributed by atoms with Crippen molar-refractivity contribution in [3.8, 4) is 0 Å². The van der Waals surface area contributed by atoms with Crippen LogP contribution in [0.15, 0.2) is 30.3 Å². The van der Waals surface area contributed by atoms with Crippen molar-refractivity contribution in [3.63, 3.8) is 0 Å². The third-order valence-electron chi connectivity index (χ3n) is 1.42. The smallest absolute Gasteiger partial charge is 0.256 e. The second kappa shape index (κ2) is 4.33. The van der Waals surface area contributed by atoms with E-state index in [1.54, 1.807) is 12.1 Å². The van der Waals surface area contributed by atoms with Gasteiger partial charge in [0, 0.05) is 11.8 Å². The van der Waals surface area contributed by atoms with E-state index < -0.39 is 11.3 Å². The molecule has 0 saturated carbocycles. The first-order valence-corrected chi connectivity index (χ1v) is 4.16. The van der Waals surface area contributed by atoms with Gasteiger partial charge in [0.05, 0.1) is 0 Å². The summed E-state index contributed by atoms with van der Waals surface area (Å²) in [5, 5.41) is -0.719. The molecule has 0 aliphatic rings. The van der Waals surface area contributed by atoms with E-state index in [2.05, 4.69) is 0 Å². The van der Waals surface area contributed by atoms with Gasteiger partial charge in [-0.25, -0.2) is 0 Å². The van der Waals surface area contributed by atoms with Gasteiger partial charge in [0.2, 0.25) is 0 Å². The van der Waals surface area contributed by atoms with Crippen LogP contribution in [-0.2, 0) is 4.79 Å². The first kappa shape index (κ1) is 9.36. The normalized spacial score (nSPS) is 12.2. The van der Waals surface area contributed by atoms with E-state index in [4.69, 9.17) is 23.4 Å². The zero-order valence-corrected chi connectivity index (χ0v) is 7.64. The van der Waals surface area contributed by atoms with Gasteiger partial charge in [-0.2, -0.15) is 0 Å². The summed E-state index contributed by atoms with van der Waals surface area (Å²) in [5.41, 5.74) is 0.734. The summed E-state index contributed by atoms with van der Waals surface area (Å²) in [6, 6.07) is 9.01. The number of rotatable bonds is 2. The quantitative estimate of drug-likeness (QED) is 0.580. The number of amides is 1. The SMILES string of the molecule is O=C(NCl)C(Cl)c1ccccc1. The van der Waals surface area contributed by atoms with Gasteiger partial charge < -0.3 is 0 Å². The van der Waals surface area contributed by atoms with E-state index in [9.17, 15) is 4.79 Å². The first-order chi connectivity index (χ1) is 5.75. The average Bonchev–Trinajstić information content (AvgIpc) is 2.17. The molecule has 4 heteroatoms. The van der Waals surface area contributed by atoms with E-state index in [0.717, 1.165) is 5.56 Å². The van der Waals surface area contributed by atoms with Crippen molar-refractivity contribution in [2.24, 2.45) is 0 Å². The minimum atomic E-state index is -0.719.